The van der Waals surface area contributed by atoms with Crippen LogP contribution in [0.4, 0.5) is 11.4 Å². The van der Waals surface area contributed by atoms with Gasteiger partial charge in [0, 0.05) is 35.4 Å². The Morgan fingerprint density at radius 2 is 1.20 bits per heavy atom. The first-order chi connectivity index (χ1) is 14.4. The molecular weight excluding hydrogens is 392 g/mol. The molecule has 1 atom stereocenters. The molecule has 0 saturated heterocycles. The minimum Gasteiger partial charge on any atom is -0.445 e. The van der Waals surface area contributed by atoms with Crippen molar-refractivity contribution in [1.82, 2.24) is 0 Å². The van der Waals surface area contributed by atoms with E-state index in [-0.39, 0.29) is 28.1 Å². The third kappa shape index (κ3) is 4.53. The van der Waals surface area contributed by atoms with Crippen LogP contribution in [0, 0.1) is 20.2 Å². The molecule has 0 aliphatic carbocycles. The summed E-state index contributed by atoms with van der Waals surface area (Å²) in [6, 6.07) is 18.0. The number of hydrogen-bond donors (Lipinski definition) is 0. The molecule has 30 heavy (non-hydrogen) atoms. The number of rotatable bonds is 7. The number of nitrogens with zero attached hydrogens (tertiary/aromatic N) is 2. The molecule has 0 saturated carbocycles. The molecule has 9 nitrogen and oxygen atoms in total. The van der Waals surface area contributed by atoms with E-state index in [4.69, 9.17) is 4.74 Å². The van der Waals surface area contributed by atoms with Gasteiger partial charge in [-0.2, -0.15) is 0 Å². The van der Waals surface area contributed by atoms with E-state index in [1.165, 1.54) is 36.4 Å². The van der Waals surface area contributed by atoms with E-state index in [0.29, 0.717) is 0 Å². The zero-order chi connectivity index (χ0) is 21.7. The second-order valence-electron chi connectivity index (χ2n) is 6.17. The maximum atomic E-state index is 13.0. The summed E-state index contributed by atoms with van der Waals surface area (Å²) in [5.74, 6) is -1.38. The van der Waals surface area contributed by atoms with Crippen LogP contribution < -0.4 is 0 Å². The van der Waals surface area contributed by atoms with Crippen LogP contribution >= 0.6 is 0 Å². The highest BCUT2D eigenvalue weighted by atomic mass is 16.6. The maximum absolute atomic E-state index is 13.0. The smallest absolute Gasteiger partial charge is 0.339 e. The van der Waals surface area contributed by atoms with Gasteiger partial charge in [-0.3, -0.25) is 25.0 Å². The van der Waals surface area contributed by atoms with Crippen molar-refractivity contribution >= 4 is 23.1 Å². The van der Waals surface area contributed by atoms with Gasteiger partial charge in [0.25, 0.3) is 11.4 Å². The highest BCUT2D eigenvalue weighted by Gasteiger charge is 2.27. The molecule has 0 aliphatic rings. The molecule has 0 bridgehead atoms. The molecule has 150 valence electrons. The lowest BCUT2D eigenvalue weighted by atomic mass is 9.99. The number of non-ortho nitro benzene ring substituents is 2. The van der Waals surface area contributed by atoms with E-state index in [9.17, 15) is 29.8 Å². The normalized spacial score (nSPS) is 11.3. The molecule has 9 heteroatoms. The fourth-order valence-corrected chi connectivity index (χ4v) is 2.69. The number of nitro benzene ring substituents is 2. The molecule has 3 aromatic carbocycles. The Balaban J connectivity index is 1.92. The van der Waals surface area contributed by atoms with Crippen LogP contribution in [0.5, 0.6) is 0 Å². The minimum absolute atomic E-state index is 0.0216. The first-order valence-corrected chi connectivity index (χ1v) is 8.66. The van der Waals surface area contributed by atoms with Crippen LogP contribution in [-0.4, -0.2) is 21.6 Å². The standard InChI is InChI=1S/C21H14N2O7/c24-19(14-4-2-1-3-5-14)20(15-6-10-17(11-7-15)22(26)27)30-21(25)16-8-12-18(13-9-16)23(28)29/h1-13,20H/t20-/m0/s1. The second kappa shape index (κ2) is 8.74. The predicted molar refractivity (Wildman–Crippen MR) is 105 cm³/mol. The van der Waals surface area contributed by atoms with Gasteiger partial charge >= 0.3 is 5.97 Å². The molecule has 0 heterocycles. The second-order valence-corrected chi connectivity index (χ2v) is 6.17. The SMILES string of the molecule is O=C(O[C@H](C(=O)c1ccccc1)c1ccc([N+](=O)[O-])cc1)c1ccc([N+](=O)[O-])cc1. The van der Waals surface area contributed by atoms with Gasteiger partial charge in [0.2, 0.25) is 5.78 Å². The summed E-state index contributed by atoms with van der Waals surface area (Å²) < 4.78 is 5.41. The summed E-state index contributed by atoms with van der Waals surface area (Å²) in [6.07, 6.45) is -1.35. The van der Waals surface area contributed by atoms with Crippen molar-refractivity contribution in [2.45, 2.75) is 6.10 Å². The molecule has 3 rings (SSSR count). The fourth-order valence-electron chi connectivity index (χ4n) is 2.69. The number of ether oxygens (including phenoxy) is 1. The molecule has 0 aliphatic heterocycles. The van der Waals surface area contributed by atoms with Crippen molar-refractivity contribution in [3.63, 3.8) is 0 Å². The van der Waals surface area contributed by atoms with Gasteiger partial charge in [-0.15, -0.1) is 0 Å². The summed E-state index contributed by atoms with van der Waals surface area (Å²) in [5.41, 5.74) is 0.195. The van der Waals surface area contributed by atoms with Gasteiger partial charge in [-0.05, 0) is 24.3 Å². The number of ketones is 1. The van der Waals surface area contributed by atoms with Gasteiger partial charge in [0.1, 0.15) is 0 Å². The molecule has 0 fully saturated rings. The Hall–Kier alpha value is -4.40. The summed E-state index contributed by atoms with van der Waals surface area (Å²) in [7, 11) is 0. The van der Waals surface area contributed by atoms with Crippen LogP contribution in [0.15, 0.2) is 78.9 Å². The van der Waals surface area contributed by atoms with Crippen molar-refractivity contribution in [3.8, 4) is 0 Å². The zero-order valence-corrected chi connectivity index (χ0v) is 15.3. The molecule has 0 aromatic heterocycles. The lowest BCUT2D eigenvalue weighted by Gasteiger charge is -2.17. The van der Waals surface area contributed by atoms with Crippen molar-refractivity contribution < 1.29 is 24.2 Å². The van der Waals surface area contributed by atoms with Crippen LogP contribution in [0.1, 0.15) is 32.4 Å². The first kappa shape index (κ1) is 20.3. The number of esters is 1. The lowest BCUT2D eigenvalue weighted by molar-refractivity contribution is -0.385. The number of Topliss-reactive ketones (excluding diaryl/α,β-unsaturated/α-hetero) is 1. The molecule has 0 unspecified atom stereocenters. The largest absolute Gasteiger partial charge is 0.445 e. The third-order valence-electron chi connectivity index (χ3n) is 4.24. The van der Waals surface area contributed by atoms with Gasteiger partial charge < -0.3 is 4.74 Å². The topological polar surface area (TPSA) is 130 Å². The van der Waals surface area contributed by atoms with E-state index in [1.807, 2.05) is 0 Å². The Labute approximate surface area is 169 Å². The molecular formula is C21H14N2O7. The molecule has 0 N–H and O–H groups in total. The minimum atomic E-state index is -1.35. The highest BCUT2D eigenvalue weighted by Crippen LogP contribution is 2.26. The Bertz CT molecular complexity index is 1090. The number of carbonyl (C=O) groups excluding carboxylic acids is 2. The Morgan fingerprint density at radius 3 is 1.70 bits per heavy atom. The summed E-state index contributed by atoms with van der Waals surface area (Å²) in [6.45, 7) is 0. The average Bonchev–Trinajstić information content (AvgIpc) is 2.77. The monoisotopic (exact) mass is 406 g/mol. The van der Waals surface area contributed by atoms with Crippen LogP contribution in [0.3, 0.4) is 0 Å². The van der Waals surface area contributed by atoms with Crippen LogP contribution in [-0.2, 0) is 4.74 Å². The van der Waals surface area contributed by atoms with Crippen LogP contribution in [0.25, 0.3) is 0 Å². The summed E-state index contributed by atoms with van der Waals surface area (Å²) in [5, 5.41) is 21.6. The van der Waals surface area contributed by atoms with E-state index in [0.717, 1.165) is 12.1 Å². The predicted octanol–water partition coefficient (Wildman–Crippen LogP) is 4.28. The lowest BCUT2D eigenvalue weighted by Crippen LogP contribution is -2.20. The zero-order valence-electron chi connectivity index (χ0n) is 15.3. The van der Waals surface area contributed by atoms with Crippen molar-refractivity contribution in [2.24, 2.45) is 0 Å². The van der Waals surface area contributed by atoms with Crippen molar-refractivity contribution in [3.05, 3.63) is 116 Å². The van der Waals surface area contributed by atoms with E-state index >= 15 is 0 Å². The van der Waals surface area contributed by atoms with Gasteiger partial charge in [-0.25, -0.2) is 4.79 Å². The summed E-state index contributed by atoms with van der Waals surface area (Å²) >= 11 is 0. The summed E-state index contributed by atoms with van der Waals surface area (Å²) in [4.78, 5) is 46.0. The molecule has 0 radical (unpaired) electrons. The van der Waals surface area contributed by atoms with E-state index in [2.05, 4.69) is 0 Å². The van der Waals surface area contributed by atoms with Gasteiger partial charge in [0.15, 0.2) is 6.10 Å². The quantitative estimate of drug-likeness (QED) is 0.248. The number of carbonyl (C=O) groups is 2. The van der Waals surface area contributed by atoms with Gasteiger partial charge in [0.05, 0.1) is 15.4 Å². The van der Waals surface area contributed by atoms with Gasteiger partial charge in [-0.1, -0.05) is 30.3 Å². The third-order valence-corrected chi connectivity index (χ3v) is 4.24. The highest BCUT2D eigenvalue weighted by molar-refractivity contribution is 6.02. The van der Waals surface area contributed by atoms with Crippen LogP contribution in [0.2, 0.25) is 0 Å². The number of hydrogen-bond acceptors (Lipinski definition) is 7. The number of nitro groups is 2. The maximum Gasteiger partial charge on any atom is 0.339 e. The average molecular weight is 406 g/mol. The van der Waals surface area contributed by atoms with Crippen molar-refractivity contribution in [2.75, 3.05) is 0 Å². The Morgan fingerprint density at radius 1 is 0.700 bits per heavy atom. The Kier molecular flexibility index (Phi) is 5.92. The molecule has 3 aromatic rings. The molecule has 0 amide bonds. The fraction of sp³-hybridized carbons (Fsp3) is 0.0476. The molecule has 0 spiro atoms. The van der Waals surface area contributed by atoms with Crippen molar-refractivity contribution in [1.29, 1.82) is 0 Å². The van der Waals surface area contributed by atoms with E-state index in [1.54, 1.807) is 30.3 Å². The van der Waals surface area contributed by atoms with E-state index < -0.39 is 27.7 Å². The number of benzene rings is 3. The first-order valence-electron chi connectivity index (χ1n) is 8.66.